The fraction of sp³-hybridized carbons (Fsp3) is 0.333. The number of carbonyl (C=O) groups excluding carboxylic acids is 1. The first-order valence-corrected chi connectivity index (χ1v) is 11.2. The fourth-order valence-electron chi connectivity index (χ4n) is 4.28. The Hall–Kier alpha value is -2.42. The number of nitrogens with zero attached hydrogens (tertiary/aromatic N) is 2. The number of nitriles is 1. The third-order valence-corrected chi connectivity index (χ3v) is 7.08. The van der Waals surface area contributed by atoms with Gasteiger partial charge in [0.15, 0.2) is 0 Å². The smallest absolute Gasteiger partial charge is 0.306 e. The molecule has 0 aliphatic carbocycles. The Morgan fingerprint density at radius 1 is 1.33 bits per heavy atom. The zero-order valence-electron chi connectivity index (χ0n) is 17.2. The number of aryl methyl sites for hydroxylation is 1. The van der Waals surface area contributed by atoms with Crippen LogP contribution in [0.4, 0.5) is 0 Å². The quantitative estimate of drug-likeness (QED) is 0.427. The summed E-state index contributed by atoms with van der Waals surface area (Å²) in [5.41, 5.74) is 4.09. The van der Waals surface area contributed by atoms with Crippen LogP contribution in [0.25, 0.3) is 10.9 Å². The predicted molar refractivity (Wildman–Crippen MR) is 120 cm³/mol. The molecule has 1 aliphatic heterocycles. The molecule has 3 aromatic rings. The van der Waals surface area contributed by atoms with E-state index in [0.717, 1.165) is 23.4 Å². The van der Waals surface area contributed by atoms with E-state index in [1.54, 1.807) is 11.8 Å². The van der Waals surface area contributed by atoms with Gasteiger partial charge in [0.1, 0.15) is 0 Å². The van der Waals surface area contributed by atoms with Crippen molar-refractivity contribution in [2.24, 2.45) is 0 Å². The van der Waals surface area contributed by atoms with Gasteiger partial charge in [-0.3, -0.25) is 4.79 Å². The van der Waals surface area contributed by atoms with Crippen molar-refractivity contribution in [3.63, 3.8) is 0 Å². The number of rotatable bonds is 5. The summed E-state index contributed by atoms with van der Waals surface area (Å²) in [6, 6.07) is 14.1. The minimum absolute atomic E-state index is 0.102. The molecule has 4 nitrogen and oxygen atoms in total. The minimum Gasteiger partial charge on any atom is -0.469 e. The van der Waals surface area contributed by atoms with E-state index < -0.39 is 0 Å². The average Bonchev–Trinajstić information content (AvgIpc) is 3.28. The van der Waals surface area contributed by atoms with Crippen LogP contribution in [0.3, 0.4) is 0 Å². The molecular weight excluding hydrogens is 416 g/mol. The Morgan fingerprint density at radius 3 is 2.70 bits per heavy atom. The molecule has 6 heteroatoms. The van der Waals surface area contributed by atoms with Gasteiger partial charge in [0, 0.05) is 38.4 Å². The van der Waals surface area contributed by atoms with Gasteiger partial charge in [-0.2, -0.15) is 5.26 Å². The van der Waals surface area contributed by atoms with Crippen molar-refractivity contribution in [2.75, 3.05) is 7.11 Å². The predicted octanol–water partition coefficient (Wildman–Crippen LogP) is 6.49. The molecule has 0 N–H and O–H groups in total. The van der Waals surface area contributed by atoms with Crippen LogP contribution >= 0.6 is 23.4 Å². The molecule has 30 heavy (non-hydrogen) atoms. The maximum atomic E-state index is 12.1. The topological polar surface area (TPSA) is 55.0 Å². The second-order valence-electron chi connectivity index (χ2n) is 7.91. The number of halogens is 1. The summed E-state index contributed by atoms with van der Waals surface area (Å²) in [4.78, 5) is 14.3. The highest BCUT2D eigenvalue weighted by Crippen LogP contribution is 2.49. The van der Waals surface area contributed by atoms with Gasteiger partial charge in [-0.05, 0) is 54.3 Å². The summed E-state index contributed by atoms with van der Waals surface area (Å²) in [7, 11) is 1.44. The van der Waals surface area contributed by atoms with Gasteiger partial charge in [-0.15, -0.1) is 0 Å². The summed E-state index contributed by atoms with van der Waals surface area (Å²) >= 11 is 7.79. The molecule has 0 spiro atoms. The molecule has 4 rings (SSSR count). The van der Waals surface area contributed by atoms with E-state index in [1.165, 1.54) is 28.6 Å². The first-order chi connectivity index (χ1) is 14.4. The lowest BCUT2D eigenvalue weighted by molar-refractivity contribution is -0.141. The number of carbonyl (C=O) groups is 1. The van der Waals surface area contributed by atoms with Crippen molar-refractivity contribution >= 4 is 40.2 Å². The normalized spacial score (nSPS) is 15.4. The molecule has 1 atom stereocenters. The van der Waals surface area contributed by atoms with Crippen LogP contribution in [0.2, 0.25) is 5.02 Å². The average molecular weight is 439 g/mol. The second-order valence-corrected chi connectivity index (χ2v) is 9.43. The maximum Gasteiger partial charge on any atom is 0.306 e. The number of ether oxygens (including phenoxy) is 1. The third-order valence-electron chi connectivity index (χ3n) is 5.70. The maximum absolute atomic E-state index is 12.1. The van der Waals surface area contributed by atoms with Gasteiger partial charge < -0.3 is 9.30 Å². The van der Waals surface area contributed by atoms with Crippen molar-refractivity contribution in [2.45, 2.75) is 54.9 Å². The molecule has 0 amide bonds. The molecule has 2 aromatic carbocycles. The molecule has 0 fully saturated rings. The lowest BCUT2D eigenvalue weighted by atomic mass is 9.95. The highest BCUT2D eigenvalue weighted by molar-refractivity contribution is 7.99. The van der Waals surface area contributed by atoms with Gasteiger partial charge in [-0.25, -0.2) is 0 Å². The highest BCUT2D eigenvalue weighted by Gasteiger charge is 2.33. The number of methoxy groups -OCH3 is 1. The van der Waals surface area contributed by atoms with Gasteiger partial charge in [-0.1, -0.05) is 37.2 Å². The summed E-state index contributed by atoms with van der Waals surface area (Å²) in [6.45, 7) is 5.14. The van der Waals surface area contributed by atoms with Gasteiger partial charge >= 0.3 is 5.97 Å². The van der Waals surface area contributed by atoms with E-state index in [2.05, 4.69) is 24.5 Å². The third kappa shape index (κ3) is 3.71. The number of benzene rings is 2. The molecular formula is C24H23ClN2O2S. The lowest BCUT2D eigenvalue weighted by Gasteiger charge is -2.14. The van der Waals surface area contributed by atoms with Crippen molar-refractivity contribution in [1.29, 1.82) is 5.26 Å². The Bertz CT molecular complexity index is 1160. The van der Waals surface area contributed by atoms with E-state index in [0.29, 0.717) is 17.0 Å². The first kappa shape index (κ1) is 20.8. The van der Waals surface area contributed by atoms with Crippen LogP contribution in [0.5, 0.6) is 0 Å². The van der Waals surface area contributed by atoms with Crippen LogP contribution < -0.4 is 0 Å². The number of hydrogen-bond donors (Lipinski definition) is 0. The van der Waals surface area contributed by atoms with Crippen molar-refractivity contribution in [3.05, 3.63) is 58.2 Å². The Morgan fingerprint density at radius 2 is 2.07 bits per heavy atom. The highest BCUT2D eigenvalue weighted by atomic mass is 35.5. The van der Waals surface area contributed by atoms with E-state index >= 15 is 0 Å². The lowest BCUT2D eigenvalue weighted by Crippen LogP contribution is -2.07. The summed E-state index contributed by atoms with van der Waals surface area (Å²) in [6.07, 6.45) is 1.26. The summed E-state index contributed by atoms with van der Waals surface area (Å²) in [5, 5.41) is 11.5. The largest absolute Gasteiger partial charge is 0.469 e. The summed E-state index contributed by atoms with van der Waals surface area (Å²) < 4.78 is 7.26. The molecule has 1 aliphatic rings. The van der Waals surface area contributed by atoms with Crippen LogP contribution in [-0.2, 0) is 16.1 Å². The zero-order chi connectivity index (χ0) is 21.4. The molecule has 2 heterocycles. The molecule has 0 radical (unpaired) electrons. The molecule has 0 saturated carbocycles. The SMILES string of the molecule is COC(=O)CC1CCn2c1c(Sc1ccc(Cl)cc1)c1c(C(C)C)cc(C#N)cc12. The van der Waals surface area contributed by atoms with Gasteiger partial charge in [0.05, 0.1) is 30.7 Å². The molecule has 1 aromatic heterocycles. The van der Waals surface area contributed by atoms with E-state index in [1.807, 2.05) is 36.4 Å². The minimum atomic E-state index is -0.192. The van der Waals surface area contributed by atoms with Gasteiger partial charge in [0.25, 0.3) is 0 Å². The van der Waals surface area contributed by atoms with E-state index in [-0.39, 0.29) is 17.8 Å². The number of esters is 1. The molecule has 0 saturated heterocycles. The number of aromatic nitrogens is 1. The number of hydrogen-bond acceptors (Lipinski definition) is 4. The zero-order valence-corrected chi connectivity index (χ0v) is 18.8. The Kier molecular flexibility index (Phi) is 5.81. The van der Waals surface area contributed by atoms with E-state index in [4.69, 9.17) is 16.3 Å². The van der Waals surface area contributed by atoms with Crippen molar-refractivity contribution < 1.29 is 9.53 Å². The monoisotopic (exact) mass is 438 g/mol. The number of fused-ring (bicyclic) bond motifs is 3. The van der Waals surface area contributed by atoms with Gasteiger partial charge in [0.2, 0.25) is 0 Å². The second kappa shape index (κ2) is 8.37. The Labute approximate surface area is 185 Å². The van der Waals surface area contributed by atoms with Crippen LogP contribution in [0.15, 0.2) is 46.2 Å². The Balaban J connectivity index is 1.96. The van der Waals surface area contributed by atoms with Crippen LogP contribution in [0.1, 0.15) is 55.3 Å². The van der Waals surface area contributed by atoms with Crippen LogP contribution in [-0.4, -0.2) is 17.6 Å². The van der Waals surface area contributed by atoms with Crippen LogP contribution in [0, 0.1) is 11.3 Å². The molecule has 0 bridgehead atoms. The summed E-state index contributed by atoms with van der Waals surface area (Å²) in [5.74, 6) is 0.181. The van der Waals surface area contributed by atoms with Crippen molar-refractivity contribution in [1.82, 2.24) is 4.57 Å². The fourth-order valence-corrected chi connectivity index (χ4v) is 5.62. The van der Waals surface area contributed by atoms with E-state index in [9.17, 15) is 10.1 Å². The standard InChI is InChI=1S/C24H23ClN2O2S/c1-14(2)19-10-15(13-26)11-20-22(19)24(30-18-6-4-17(25)5-7-18)23-16(8-9-27(20)23)12-21(28)29-3/h4-7,10-11,14,16H,8-9,12H2,1-3H3. The molecule has 1 unspecified atom stereocenters. The first-order valence-electron chi connectivity index (χ1n) is 10.0. The van der Waals surface area contributed by atoms with Crippen molar-refractivity contribution in [3.8, 4) is 6.07 Å². The molecule has 154 valence electrons.